The van der Waals surface area contributed by atoms with Crippen LogP contribution in [0.3, 0.4) is 0 Å². The Morgan fingerprint density at radius 2 is 0.762 bits per heavy atom. The molecule has 0 rings (SSSR count). The zero-order valence-corrected chi connectivity index (χ0v) is 29.2. The van der Waals surface area contributed by atoms with Crippen LogP contribution < -0.4 is 5.73 Å². The molecule has 0 aliphatic carbocycles. The van der Waals surface area contributed by atoms with Gasteiger partial charge in [-0.05, 0) is 38.5 Å². The first-order chi connectivity index (χ1) is 20.8. The molecule has 3 heteroatoms. The van der Waals surface area contributed by atoms with Crippen LogP contribution in [-0.2, 0) is 9.47 Å². The zero-order valence-electron chi connectivity index (χ0n) is 29.2. The molecule has 0 fully saturated rings. The van der Waals surface area contributed by atoms with Crippen LogP contribution in [0.25, 0.3) is 0 Å². The summed E-state index contributed by atoms with van der Waals surface area (Å²) in [6.07, 6.45) is 46.1. The van der Waals surface area contributed by atoms with Crippen molar-refractivity contribution in [3.05, 3.63) is 12.2 Å². The third-order valence-electron chi connectivity index (χ3n) is 8.72. The minimum absolute atomic E-state index is 0.0652. The van der Waals surface area contributed by atoms with Crippen LogP contribution in [0.4, 0.5) is 0 Å². The largest absolute Gasteiger partial charge is 0.379 e. The number of ether oxygens (including phenoxy) is 2. The van der Waals surface area contributed by atoms with Crippen LogP contribution in [0, 0.1) is 0 Å². The second-order valence-electron chi connectivity index (χ2n) is 13.0. The molecule has 0 spiro atoms. The Bertz CT molecular complexity index is 495. The van der Waals surface area contributed by atoms with E-state index in [1.807, 2.05) is 0 Å². The van der Waals surface area contributed by atoms with Crippen molar-refractivity contribution >= 4 is 0 Å². The summed E-state index contributed by atoms with van der Waals surface area (Å²) >= 11 is 0. The summed E-state index contributed by atoms with van der Waals surface area (Å²) in [4.78, 5) is 0. The van der Waals surface area contributed by atoms with Gasteiger partial charge in [0.1, 0.15) is 0 Å². The van der Waals surface area contributed by atoms with Gasteiger partial charge in [0.25, 0.3) is 0 Å². The lowest BCUT2D eigenvalue weighted by Crippen LogP contribution is -2.29. The number of hydrogen-bond donors (Lipinski definition) is 1. The van der Waals surface area contributed by atoms with Crippen LogP contribution in [0.2, 0.25) is 0 Å². The number of hydrogen-bond acceptors (Lipinski definition) is 3. The Morgan fingerprint density at radius 1 is 0.429 bits per heavy atom. The lowest BCUT2D eigenvalue weighted by molar-refractivity contribution is -0.0136. The van der Waals surface area contributed by atoms with Crippen molar-refractivity contribution in [2.45, 2.75) is 213 Å². The van der Waals surface area contributed by atoms with E-state index in [1.54, 1.807) is 0 Å². The third kappa shape index (κ3) is 35.8. The van der Waals surface area contributed by atoms with Crippen LogP contribution in [-0.4, -0.2) is 32.5 Å². The molecular weight excluding hydrogens is 514 g/mol. The first-order valence-corrected chi connectivity index (χ1v) is 19.4. The summed E-state index contributed by atoms with van der Waals surface area (Å²) < 4.78 is 11.9. The molecule has 42 heavy (non-hydrogen) atoms. The fourth-order valence-corrected chi connectivity index (χ4v) is 5.75. The van der Waals surface area contributed by atoms with Crippen LogP contribution >= 0.6 is 0 Å². The van der Waals surface area contributed by atoms with Crippen molar-refractivity contribution in [3.8, 4) is 0 Å². The van der Waals surface area contributed by atoms with E-state index in [0.717, 1.165) is 26.1 Å². The maximum absolute atomic E-state index is 5.99. The van der Waals surface area contributed by atoms with Gasteiger partial charge in [0.05, 0.1) is 12.7 Å². The van der Waals surface area contributed by atoms with Gasteiger partial charge in [-0.1, -0.05) is 180 Å². The summed E-state index contributed by atoms with van der Waals surface area (Å²) in [5, 5.41) is 0. The van der Waals surface area contributed by atoms with Gasteiger partial charge < -0.3 is 15.2 Å². The molecule has 0 aliphatic rings. The normalized spacial score (nSPS) is 12.5. The van der Waals surface area contributed by atoms with Gasteiger partial charge in [0, 0.05) is 19.8 Å². The maximum Gasteiger partial charge on any atom is 0.0930 e. The fourth-order valence-electron chi connectivity index (χ4n) is 5.75. The summed E-state index contributed by atoms with van der Waals surface area (Å²) in [7, 11) is 0. The molecule has 2 N–H and O–H groups in total. The summed E-state index contributed by atoms with van der Waals surface area (Å²) in [5.74, 6) is 0. The zero-order chi connectivity index (χ0) is 30.4. The Kier molecular flexibility index (Phi) is 38.3. The van der Waals surface area contributed by atoms with E-state index in [0.29, 0.717) is 13.2 Å². The second-order valence-corrected chi connectivity index (χ2v) is 13.0. The van der Waals surface area contributed by atoms with E-state index in [-0.39, 0.29) is 6.10 Å². The van der Waals surface area contributed by atoms with E-state index in [2.05, 4.69) is 26.0 Å². The van der Waals surface area contributed by atoms with Gasteiger partial charge in [-0.2, -0.15) is 0 Å². The lowest BCUT2D eigenvalue weighted by atomic mass is 10.0. The second kappa shape index (κ2) is 38.6. The van der Waals surface area contributed by atoms with Crippen molar-refractivity contribution in [2.75, 3.05) is 26.4 Å². The topological polar surface area (TPSA) is 44.5 Å². The lowest BCUT2D eigenvalue weighted by Gasteiger charge is -2.16. The SMILES string of the molecule is CCCCCCCC/C=C\CCCCCCCCOCC(CN)OCCCCCCCCCCCCCCCCCC. The smallest absolute Gasteiger partial charge is 0.0930 e. The Hall–Kier alpha value is -0.380. The molecule has 0 aromatic rings. The molecular formula is C39H79NO2. The summed E-state index contributed by atoms with van der Waals surface area (Å²) in [6, 6.07) is 0. The van der Waals surface area contributed by atoms with E-state index >= 15 is 0 Å². The van der Waals surface area contributed by atoms with Crippen molar-refractivity contribution in [3.63, 3.8) is 0 Å². The van der Waals surface area contributed by atoms with Crippen molar-refractivity contribution in [2.24, 2.45) is 5.73 Å². The number of nitrogens with two attached hydrogens (primary N) is 1. The summed E-state index contributed by atoms with van der Waals surface area (Å²) in [5.41, 5.74) is 5.91. The van der Waals surface area contributed by atoms with Crippen LogP contribution in [0.15, 0.2) is 12.2 Å². The molecule has 0 aliphatic heterocycles. The molecule has 1 unspecified atom stereocenters. The molecule has 0 radical (unpaired) electrons. The minimum atomic E-state index is 0.0652. The van der Waals surface area contributed by atoms with Gasteiger partial charge in [-0.3, -0.25) is 0 Å². The van der Waals surface area contributed by atoms with Crippen molar-refractivity contribution in [1.82, 2.24) is 0 Å². The molecule has 0 amide bonds. The quantitative estimate of drug-likeness (QED) is 0.0575. The molecule has 0 aromatic heterocycles. The number of rotatable bonds is 37. The Morgan fingerprint density at radius 3 is 1.14 bits per heavy atom. The summed E-state index contributed by atoms with van der Waals surface area (Å²) in [6.45, 7) is 7.48. The molecule has 1 atom stereocenters. The number of allylic oxidation sites excluding steroid dienone is 2. The van der Waals surface area contributed by atoms with Crippen LogP contribution in [0.5, 0.6) is 0 Å². The van der Waals surface area contributed by atoms with Gasteiger partial charge >= 0.3 is 0 Å². The van der Waals surface area contributed by atoms with Gasteiger partial charge in [0.15, 0.2) is 0 Å². The van der Waals surface area contributed by atoms with E-state index < -0.39 is 0 Å². The molecule has 0 heterocycles. The monoisotopic (exact) mass is 594 g/mol. The molecule has 0 bridgehead atoms. The van der Waals surface area contributed by atoms with Crippen molar-refractivity contribution in [1.29, 1.82) is 0 Å². The van der Waals surface area contributed by atoms with Gasteiger partial charge in [-0.15, -0.1) is 0 Å². The van der Waals surface area contributed by atoms with E-state index in [4.69, 9.17) is 15.2 Å². The molecule has 0 saturated heterocycles. The predicted octanol–water partition coefficient (Wildman–Crippen LogP) is 12.6. The third-order valence-corrected chi connectivity index (χ3v) is 8.72. The van der Waals surface area contributed by atoms with Gasteiger partial charge in [0.2, 0.25) is 0 Å². The van der Waals surface area contributed by atoms with Crippen molar-refractivity contribution < 1.29 is 9.47 Å². The van der Waals surface area contributed by atoms with E-state index in [9.17, 15) is 0 Å². The fraction of sp³-hybridized carbons (Fsp3) is 0.949. The standard InChI is InChI=1S/C39H79NO2/c1-3-5-7-9-11-13-15-17-19-21-23-25-27-29-31-33-35-41-38-39(37-40)42-36-34-32-30-28-26-24-22-20-18-16-14-12-10-8-6-4-2/h17,19,39H,3-16,18,20-38,40H2,1-2H3/b19-17-. The first-order valence-electron chi connectivity index (χ1n) is 19.4. The van der Waals surface area contributed by atoms with Gasteiger partial charge in [-0.25, -0.2) is 0 Å². The highest BCUT2D eigenvalue weighted by molar-refractivity contribution is 4.81. The van der Waals surface area contributed by atoms with Crippen LogP contribution in [0.1, 0.15) is 206 Å². The first kappa shape index (κ1) is 41.6. The highest BCUT2D eigenvalue weighted by Gasteiger charge is 2.07. The van der Waals surface area contributed by atoms with E-state index in [1.165, 1.54) is 180 Å². The molecule has 252 valence electrons. The molecule has 0 aromatic carbocycles. The predicted molar refractivity (Wildman–Crippen MR) is 189 cm³/mol. The highest BCUT2D eigenvalue weighted by atomic mass is 16.5. The average molecular weight is 594 g/mol. The molecule has 3 nitrogen and oxygen atoms in total. The Balaban J connectivity index is 3.28. The highest BCUT2D eigenvalue weighted by Crippen LogP contribution is 2.14. The average Bonchev–Trinajstić information content (AvgIpc) is 3.00. The molecule has 0 saturated carbocycles. The maximum atomic E-state index is 5.99. The Labute approximate surface area is 265 Å². The number of unbranched alkanes of at least 4 members (excludes halogenated alkanes) is 27. The minimum Gasteiger partial charge on any atom is -0.379 e.